The van der Waals surface area contributed by atoms with Gasteiger partial charge in [0.25, 0.3) is 5.91 Å². The van der Waals surface area contributed by atoms with Gasteiger partial charge in [0, 0.05) is 12.6 Å². The van der Waals surface area contributed by atoms with Gasteiger partial charge < -0.3 is 4.98 Å². The topological polar surface area (TPSA) is 78.4 Å². The van der Waals surface area contributed by atoms with Gasteiger partial charge in [-0.05, 0) is 29.3 Å². The van der Waals surface area contributed by atoms with Crippen LogP contribution in [0.15, 0.2) is 53.8 Å². The maximum Gasteiger partial charge on any atom is 0.297 e. The largest absolute Gasteiger partial charge is 0.345 e. The van der Waals surface area contributed by atoms with Crippen molar-refractivity contribution in [2.75, 3.05) is 13.6 Å². The lowest BCUT2D eigenvalue weighted by atomic mass is 10.0. The first kappa shape index (κ1) is 14.3. The average molecular weight is 318 g/mol. The van der Waals surface area contributed by atoms with E-state index < -0.39 is 11.7 Å². The number of benzene rings is 2. The van der Waals surface area contributed by atoms with Crippen molar-refractivity contribution >= 4 is 28.6 Å². The van der Waals surface area contributed by atoms with Gasteiger partial charge in [0.2, 0.25) is 5.78 Å². The molecule has 0 aliphatic carbocycles. The second-order valence-corrected chi connectivity index (χ2v) is 5.64. The normalized spacial score (nSPS) is 15.0. The summed E-state index contributed by atoms with van der Waals surface area (Å²) in [7, 11) is 1.57. The van der Waals surface area contributed by atoms with Crippen LogP contribution in [-0.4, -0.2) is 46.0 Å². The van der Waals surface area contributed by atoms with Gasteiger partial charge in [0.1, 0.15) is 12.4 Å². The SMILES string of the molecule is CN1C(=O)C(=O)CN=C1c1cccc(-c2ccc3nc[nH]c3c2)c1. The van der Waals surface area contributed by atoms with Crippen molar-refractivity contribution in [2.45, 2.75) is 0 Å². The molecule has 0 bridgehead atoms. The van der Waals surface area contributed by atoms with E-state index in [4.69, 9.17) is 0 Å². The number of aliphatic imine (C=N–C) groups is 1. The summed E-state index contributed by atoms with van der Waals surface area (Å²) in [5.41, 5.74) is 4.72. The summed E-state index contributed by atoms with van der Waals surface area (Å²) >= 11 is 0. The van der Waals surface area contributed by atoms with Gasteiger partial charge in [-0.3, -0.25) is 19.5 Å². The Morgan fingerprint density at radius 3 is 2.71 bits per heavy atom. The predicted molar refractivity (Wildman–Crippen MR) is 90.7 cm³/mol. The van der Waals surface area contributed by atoms with Gasteiger partial charge in [-0.1, -0.05) is 24.3 Å². The monoisotopic (exact) mass is 318 g/mol. The van der Waals surface area contributed by atoms with Crippen LogP contribution in [0.25, 0.3) is 22.2 Å². The van der Waals surface area contributed by atoms with E-state index in [1.165, 1.54) is 4.90 Å². The third-order valence-electron chi connectivity index (χ3n) is 4.11. The summed E-state index contributed by atoms with van der Waals surface area (Å²) in [4.78, 5) is 36.2. The summed E-state index contributed by atoms with van der Waals surface area (Å²) in [6.07, 6.45) is 1.67. The Bertz CT molecular complexity index is 1000. The molecule has 118 valence electrons. The molecule has 1 aliphatic rings. The minimum atomic E-state index is -0.524. The second-order valence-electron chi connectivity index (χ2n) is 5.64. The van der Waals surface area contributed by atoms with E-state index in [1.807, 2.05) is 42.5 Å². The standard InChI is InChI=1S/C18H14N4O2/c1-22-17(19-9-16(23)18(22)24)13-4-2-3-11(7-13)12-5-6-14-15(8-12)21-10-20-14/h2-8,10H,9H2,1H3,(H,20,21). The zero-order chi connectivity index (χ0) is 16.7. The minimum absolute atomic E-state index is 0.0944. The number of rotatable bonds is 2. The zero-order valence-corrected chi connectivity index (χ0v) is 13.0. The molecule has 6 nitrogen and oxygen atoms in total. The van der Waals surface area contributed by atoms with Crippen LogP contribution in [0.3, 0.4) is 0 Å². The fourth-order valence-electron chi connectivity index (χ4n) is 2.84. The van der Waals surface area contributed by atoms with Crippen molar-refractivity contribution in [1.29, 1.82) is 0 Å². The smallest absolute Gasteiger partial charge is 0.297 e. The van der Waals surface area contributed by atoms with Crippen molar-refractivity contribution in [1.82, 2.24) is 14.9 Å². The molecule has 1 aromatic heterocycles. The number of H-pyrrole nitrogens is 1. The molecule has 4 rings (SSSR count). The molecule has 0 unspecified atom stereocenters. The first-order valence-corrected chi connectivity index (χ1v) is 7.53. The molecule has 24 heavy (non-hydrogen) atoms. The highest BCUT2D eigenvalue weighted by Gasteiger charge is 2.27. The number of aromatic nitrogens is 2. The quantitative estimate of drug-likeness (QED) is 0.734. The number of hydrogen-bond donors (Lipinski definition) is 1. The number of carbonyl (C=O) groups excluding carboxylic acids is 2. The summed E-state index contributed by atoms with van der Waals surface area (Å²) in [6, 6.07) is 13.8. The van der Waals surface area contributed by atoms with Gasteiger partial charge in [-0.2, -0.15) is 0 Å². The summed E-state index contributed by atoms with van der Waals surface area (Å²) < 4.78 is 0. The van der Waals surface area contributed by atoms with E-state index in [0.29, 0.717) is 5.84 Å². The Hall–Kier alpha value is -3.28. The molecule has 2 aromatic carbocycles. The number of Topliss-reactive ketones (excluding diaryl/α,β-unsaturated/α-hetero) is 1. The van der Waals surface area contributed by atoms with Crippen LogP contribution in [0.2, 0.25) is 0 Å². The van der Waals surface area contributed by atoms with Gasteiger partial charge in [-0.15, -0.1) is 0 Å². The highest BCUT2D eigenvalue weighted by molar-refractivity contribution is 6.42. The fraction of sp³-hybridized carbons (Fsp3) is 0.111. The highest BCUT2D eigenvalue weighted by atomic mass is 16.2. The van der Waals surface area contributed by atoms with Crippen molar-refractivity contribution in [2.24, 2.45) is 4.99 Å². The molecule has 1 amide bonds. The molecule has 1 aliphatic heterocycles. The van der Waals surface area contributed by atoms with Gasteiger partial charge in [0.15, 0.2) is 0 Å². The van der Waals surface area contributed by atoms with Gasteiger partial charge >= 0.3 is 0 Å². The Morgan fingerprint density at radius 1 is 1.04 bits per heavy atom. The number of nitrogens with one attached hydrogen (secondary N) is 1. The highest BCUT2D eigenvalue weighted by Crippen LogP contribution is 2.24. The Balaban J connectivity index is 1.76. The molecule has 0 spiro atoms. The third-order valence-corrected chi connectivity index (χ3v) is 4.11. The van der Waals surface area contributed by atoms with Crippen LogP contribution in [0.4, 0.5) is 0 Å². The van der Waals surface area contributed by atoms with Gasteiger partial charge in [-0.25, -0.2) is 4.98 Å². The van der Waals surface area contributed by atoms with Crippen molar-refractivity contribution < 1.29 is 9.59 Å². The van der Waals surface area contributed by atoms with E-state index in [9.17, 15) is 9.59 Å². The van der Waals surface area contributed by atoms with Crippen molar-refractivity contribution in [3.05, 3.63) is 54.4 Å². The molecular weight excluding hydrogens is 304 g/mol. The number of ketones is 1. The van der Waals surface area contributed by atoms with Crippen molar-refractivity contribution in [3.8, 4) is 11.1 Å². The van der Waals surface area contributed by atoms with Crippen LogP contribution < -0.4 is 0 Å². The third kappa shape index (κ3) is 2.28. The number of carbonyl (C=O) groups is 2. The fourth-order valence-corrected chi connectivity index (χ4v) is 2.84. The van der Waals surface area contributed by atoms with Crippen LogP contribution in [-0.2, 0) is 9.59 Å². The number of amides is 1. The Kier molecular flexibility index (Phi) is 3.23. The number of fused-ring (bicyclic) bond motifs is 1. The summed E-state index contributed by atoms with van der Waals surface area (Å²) in [6.45, 7) is -0.0944. The number of nitrogens with zero attached hydrogens (tertiary/aromatic N) is 3. The number of amidine groups is 1. The number of likely N-dealkylation sites (N-methyl/N-ethyl adjacent to an activating group) is 1. The van der Waals surface area contributed by atoms with E-state index in [0.717, 1.165) is 27.7 Å². The lowest BCUT2D eigenvalue weighted by molar-refractivity contribution is -0.141. The van der Waals surface area contributed by atoms with E-state index in [1.54, 1.807) is 13.4 Å². The van der Waals surface area contributed by atoms with Crippen LogP contribution in [0, 0.1) is 0 Å². The lowest BCUT2D eigenvalue weighted by Crippen LogP contribution is -2.43. The van der Waals surface area contributed by atoms with Gasteiger partial charge in [0.05, 0.1) is 17.4 Å². The molecule has 6 heteroatoms. The van der Waals surface area contributed by atoms with E-state index in [2.05, 4.69) is 15.0 Å². The van der Waals surface area contributed by atoms with E-state index >= 15 is 0 Å². The van der Waals surface area contributed by atoms with Crippen LogP contribution in [0.1, 0.15) is 5.56 Å². The molecule has 3 aromatic rings. The van der Waals surface area contributed by atoms with Crippen LogP contribution in [0.5, 0.6) is 0 Å². The maximum absolute atomic E-state index is 11.9. The molecule has 0 saturated carbocycles. The number of aromatic amines is 1. The summed E-state index contributed by atoms with van der Waals surface area (Å²) in [5, 5.41) is 0. The molecule has 0 atom stereocenters. The minimum Gasteiger partial charge on any atom is -0.345 e. The molecule has 2 heterocycles. The number of hydrogen-bond acceptors (Lipinski definition) is 4. The van der Waals surface area contributed by atoms with Crippen molar-refractivity contribution in [3.63, 3.8) is 0 Å². The average Bonchev–Trinajstić information content (AvgIpc) is 3.07. The molecule has 1 N–H and O–H groups in total. The van der Waals surface area contributed by atoms with Crippen LogP contribution >= 0.6 is 0 Å². The maximum atomic E-state index is 11.9. The Morgan fingerprint density at radius 2 is 1.83 bits per heavy atom. The molecule has 0 radical (unpaired) electrons. The lowest BCUT2D eigenvalue weighted by Gasteiger charge is -2.22. The first-order chi connectivity index (χ1) is 11.6. The zero-order valence-electron chi connectivity index (χ0n) is 13.0. The molecule has 0 saturated heterocycles. The first-order valence-electron chi connectivity index (χ1n) is 7.53. The molecule has 0 fully saturated rings. The second kappa shape index (κ2) is 5.42. The summed E-state index contributed by atoms with van der Waals surface area (Å²) in [5.74, 6) is -0.490. The van der Waals surface area contributed by atoms with E-state index in [-0.39, 0.29) is 6.54 Å². The molecular formula is C18H14N4O2. The number of imidazole rings is 1. The Labute approximate surface area is 137 Å². The predicted octanol–water partition coefficient (Wildman–Crippen LogP) is 2.02.